The predicted molar refractivity (Wildman–Crippen MR) is 166 cm³/mol. The van der Waals surface area contributed by atoms with Crippen LogP contribution in [0.25, 0.3) is 0 Å². The predicted octanol–water partition coefficient (Wildman–Crippen LogP) is 9.69. The lowest BCUT2D eigenvalue weighted by Gasteiger charge is -2.09. The van der Waals surface area contributed by atoms with Gasteiger partial charge in [-0.1, -0.05) is 131 Å². The Morgan fingerprint density at radius 1 is 0.821 bits per heavy atom. The number of carbonyl (C=O) groups is 2. The summed E-state index contributed by atoms with van der Waals surface area (Å²) in [6.07, 6.45) is 21.5. The first-order valence-corrected chi connectivity index (χ1v) is 15.7. The van der Waals surface area contributed by atoms with Crippen LogP contribution in [0.2, 0.25) is 0 Å². The zero-order valence-electron chi connectivity index (χ0n) is 24.0. The summed E-state index contributed by atoms with van der Waals surface area (Å²) in [4.78, 5) is 24.8. The number of nitrogens with one attached hydrogen (secondary N) is 1. The Morgan fingerprint density at radius 3 is 1.97 bits per heavy atom. The molecule has 0 unspecified atom stereocenters. The molecule has 6 heteroatoms. The molecule has 0 saturated heterocycles. The van der Waals surface area contributed by atoms with Crippen molar-refractivity contribution in [2.45, 2.75) is 117 Å². The van der Waals surface area contributed by atoms with Crippen molar-refractivity contribution in [1.29, 1.82) is 0 Å². The number of rotatable bonds is 20. The molecule has 214 valence electrons. The average Bonchev–Trinajstić information content (AvgIpc) is 2.92. The summed E-state index contributed by atoms with van der Waals surface area (Å²) in [7, 11) is 0. The molecule has 0 radical (unpaired) electrons. The molecular formula is C33H47BrN2O3. The number of nitrogens with zero attached hydrogens (tertiary/aromatic N) is 1. The summed E-state index contributed by atoms with van der Waals surface area (Å²) in [6, 6.07) is 12.6. The van der Waals surface area contributed by atoms with Gasteiger partial charge in [-0.2, -0.15) is 5.10 Å². The molecule has 0 aromatic heterocycles. The minimum absolute atomic E-state index is 0.102. The van der Waals surface area contributed by atoms with Crippen molar-refractivity contribution in [2.24, 2.45) is 5.10 Å². The normalized spacial score (nSPS) is 11.2. The Labute approximate surface area is 244 Å². The number of hydrogen-bond donors (Lipinski definition) is 1. The number of esters is 1. The first-order valence-electron chi connectivity index (χ1n) is 14.9. The lowest BCUT2D eigenvalue weighted by atomic mass is 10.0. The fourth-order valence-corrected chi connectivity index (χ4v) is 4.94. The van der Waals surface area contributed by atoms with E-state index in [4.69, 9.17) is 4.74 Å². The number of halogens is 1. The van der Waals surface area contributed by atoms with Crippen LogP contribution in [-0.4, -0.2) is 18.1 Å². The summed E-state index contributed by atoms with van der Waals surface area (Å²) in [6.45, 7) is 4.14. The van der Waals surface area contributed by atoms with Crippen LogP contribution in [0.15, 0.2) is 52.0 Å². The topological polar surface area (TPSA) is 67.8 Å². The van der Waals surface area contributed by atoms with Crippen LogP contribution in [-0.2, 0) is 4.79 Å². The number of unbranched alkanes of at least 4 members (excludes halogenated alkanes) is 14. The lowest BCUT2D eigenvalue weighted by Crippen LogP contribution is -2.17. The van der Waals surface area contributed by atoms with E-state index in [2.05, 4.69) is 33.4 Å². The van der Waals surface area contributed by atoms with Crippen molar-refractivity contribution < 1.29 is 14.3 Å². The van der Waals surface area contributed by atoms with E-state index in [-0.39, 0.29) is 5.91 Å². The molecule has 0 aliphatic rings. The third kappa shape index (κ3) is 14.5. The number of ether oxygens (including phenoxy) is 1. The zero-order valence-corrected chi connectivity index (χ0v) is 25.6. The average molecular weight is 600 g/mol. The molecule has 2 aromatic rings. The minimum Gasteiger partial charge on any atom is -0.422 e. The van der Waals surface area contributed by atoms with Crippen LogP contribution in [0, 0.1) is 6.92 Å². The van der Waals surface area contributed by atoms with Crippen LogP contribution in [0.5, 0.6) is 5.75 Å². The van der Waals surface area contributed by atoms with Crippen molar-refractivity contribution in [3.05, 3.63) is 63.6 Å². The largest absolute Gasteiger partial charge is 0.422 e. The highest BCUT2D eigenvalue weighted by atomic mass is 79.9. The van der Waals surface area contributed by atoms with E-state index in [1.54, 1.807) is 24.3 Å². The molecule has 0 bridgehead atoms. The highest BCUT2D eigenvalue weighted by molar-refractivity contribution is 9.10. The van der Waals surface area contributed by atoms with E-state index in [0.29, 0.717) is 23.3 Å². The standard InChI is InChI=1S/C33H47BrN2O3/c1-3-4-5-6-7-8-9-10-11-12-13-14-15-16-17-22-32(37)36-35-26-28-25-29(34)23-24-31(28)39-33(38)30-21-19-18-20-27(30)2/h18-21,23-26H,3-17,22H2,1-2H3,(H,36,37)/b35-26-. The van der Waals surface area contributed by atoms with Crippen LogP contribution >= 0.6 is 15.9 Å². The number of aryl methyl sites for hydroxylation is 1. The summed E-state index contributed by atoms with van der Waals surface area (Å²) >= 11 is 3.44. The molecule has 1 N–H and O–H groups in total. The minimum atomic E-state index is -0.428. The third-order valence-electron chi connectivity index (χ3n) is 6.94. The highest BCUT2D eigenvalue weighted by Crippen LogP contribution is 2.23. The number of hydrazone groups is 1. The van der Waals surface area contributed by atoms with Gasteiger partial charge in [0.2, 0.25) is 5.91 Å². The van der Waals surface area contributed by atoms with Gasteiger partial charge in [-0.15, -0.1) is 0 Å². The Kier molecular flexibility index (Phi) is 17.2. The van der Waals surface area contributed by atoms with Crippen LogP contribution in [0.1, 0.15) is 131 Å². The maximum atomic E-state index is 12.6. The van der Waals surface area contributed by atoms with Gasteiger partial charge in [-0.3, -0.25) is 4.79 Å². The van der Waals surface area contributed by atoms with Crippen molar-refractivity contribution in [1.82, 2.24) is 5.43 Å². The molecule has 0 spiro atoms. The van der Waals surface area contributed by atoms with Gasteiger partial charge >= 0.3 is 5.97 Å². The summed E-state index contributed by atoms with van der Waals surface area (Å²) in [5.74, 6) is -0.150. The molecular weight excluding hydrogens is 552 g/mol. The van der Waals surface area contributed by atoms with Gasteiger partial charge < -0.3 is 4.74 Å². The van der Waals surface area contributed by atoms with E-state index in [1.165, 1.54) is 89.7 Å². The van der Waals surface area contributed by atoms with E-state index >= 15 is 0 Å². The van der Waals surface area contributed by atoms with Crippen LogP contribution in [0.4, 0.5) is 0 Å². The second kappa shape index (κ2) is 20.4. The van der Waals surface area contributed by atoms with Crippen molar-refractivity contribution in [3.8, 4) is 5.75 Å². The van der Waals surface area contributed by atoms with Gasteiger partial charge in [0.05, 0.1) is 11.8 Å². The van der Waals surface area contributed by atoms with Gasteiger partial charge in [0.15, 0.2) is 0 Å². The van der Waals surface area contributed by atoms with E-state index in [1.807, 2.05) is 25.1 Å². The van der Waals surface area contributed by atoms with E-state index < -0.39 is 5.97 Å². The molecule has 0 atom stereocenters. The maximum absolute atomic E-state index is 12.6. The number of benzene rings is 2. The Hall–Kier alpha value is -2.47. The lowest BCUT2D eigenvalue weighted by molar-refractivity contribution is -0.121. The van der Waals surface area contributed by atoms with Gasteiger partial charge in [-0.05, 0) is 43.2 Å². The zero-order chi connectivity index (χ0) is 28.1. The smallest absolute Gasteiger partial charge is 0.343 e. The number of hydrogen-bond acceptors (Lipinski definition) is 4. The van der Waals surface area contributed by atoms with Gasteiger partial charge in [0.25, 0.3) is 0 Å². The summed E-state index contributed by atoms with van der Waals surface area (Å²) < 4.78 is 6.44. The van der Waals surface area contributed by atoms with Crippen molar-refractivity contribution >= 4 is 34.0 Å². The Bertz CT molecular complexity index is 1020. The fourth-order valence-electron chi connectivity index (χ4n) is 4.56. The van der Waals surface area contributed by atoms with E-state index in [9.17, 15) is 9.59 Å². The van der Waals surface area contributed by atoms with Gasteiger partial charge in [-0.25, -0.2) is 10.2 Å². The molecule has 39 heavy (non-hydrogen) atoms. The molecule has 0 aliphatic heterocycles. The highest BCUT2D eigenvalue weighted by Gasteiger charge is 2.13. The second-order valence-electron chi connectivity index (χ2n) is 10.4. The first-order chi connectivity index (χ1) is 19.0. The Morgan fingerprint density at radius 2 is 1.38 bits per heavy atom. The quantitative estimate of drug-likeness (QED) is 0.0542. The molecule has 0 heterocycles. The molecule has 0 fully saturated rings. The third-order valence-corrected chi connectivity index (χ3v) is 7.43. The Balaban J connectivity index is 1.58. The fraction of sp³-hybridized carbons (Fsp3) is 0.545. The maximum Gasteiger partial charge on any atom is 0.343 e. The number of amides is 1. The molecule has 2 aromatic carbocycles. The second-order valence-corrected chi connectivity index (χ2v) is 11.3. The summed E-state index contributed by atoms with van der Waals surface area (Å²) in [5, 5.41) is 4.09. The molecule has 1 amide bonds. The molecule has 5 nitrogen and oxygen atoms in total. The van der Waals surface area contributed by atoms with E-state index in [0.717, 1.165) is 22.9 Å². The first kappa shape index (κ1) is 32.7. The van der Waals surface area contributed by atoms with Crippen molar-refractivity contribution in [3.63, 3.8) is 0 Å². The van der Waals surface area contributed by atoms with Crippen LogP contribution in [0.3, 0.4) is 0 Å². The molecule has 0 aliphatic carbocycles. The van der Waals surface area contributed by atoms with Crippen LogP contribution < -0.4 is 10.2 Å². The van der Waals surface area contributed by atoms with Crippen molar-refractivity contribution in [2.75, 3.05) is 0 Å². The molecule has 0 saturated carbocycles. The number of carbonyl (C=O) groups excluding carboxylic acids is 2. The SMILES string of the molecule is CCCCCCCCCCCCCCCCCC(=O)N/N=C\c1cc(Br)ccc1OC(=O)c1ccccc1C. The monoisotopic (exact) mass is 598 g/mol. The summed E-state index contributed by atoms with van der Waals surface area (Å²) in [5.41, 5.74) is 4.55. The molecule has 2 rings (SSSR count). The van der Waals surface area contributed by atoms with Gasteiger partial charge in [0, 0.05) is 16.5 Å². The van der Waals surface area contributed by atoms with Gasteiger partial charge in [0.1, 0.15) is 5.75 Å².